The third-order valence-electron chi connectivity index (χ3n) is 4.37. The minimum absolute atomic E-state index is 0.0413. The normalized spacial score (nSPS) is 11.3. The molecule has 0 fully saturated rings. The lowest BCUT2D eigenvalue weighted by Gasteiger charge is -2.26. The summed E-state index contributed by atoms with van der Waals surface area (Å²) in [6.07, 6.45) is 6.65. The molecule has 27 heavy (non-hydrogen) atoms. The van der Waals surface area contributed by atoms with Crippen molar-refractivity contribution in [2.45, 2.75) is 32.7 Å². The van der Waals surface area contributed by atoms with Gasteiger partial charge in [-0.2, -0.15) is 5.10 Å². The maximum Gasteiger partial charge on any atom is 0.232 e. The Morgan fingerprint density at radius 3 is 2.67 bits per heavy atom. The summed E-state index contributed by atoms with van der Waals surface area (Å²) in [5.74, 6) is 2.51. The zero-order valence-corrected chi connectivity index (χ0v) is 15.7. The monoisotopic (exact) mass is 362 g/mol. The van der Waals surface area contributed by atoms with Crippen molar-refractivity contribution in [1.82, 2.24) is 25.1 Å². The van der Waals surface area contributed by atoms with Crippen LogP contribution in [0.4, 0.5) is 5.82 Å². The Labute approximate surface area is 158 Å². The fourth-order valence-corrected chi connectivity index (χ4v) is 2.86. The standard InChI is InChI=1S/C20H22N6O/c1-5-6-15(27)22-11-20(3,4)26-19-16(18(21)23-12-24-19)17(25-26)14-9-7-13(2)8-10-14/h1,7-10,12H,6,11H2,2-4H3,(H,22,27)(H2,21,23,24). The third-order valence-corrected chi connectivity index (χ3v) is 4.37. The summed E-state index contributed by atoms with van der Waals surface area (Å²) < 4.78 is 1.78. The molecule has 0 atom stereocenters. The van der Waals surface area contributed by atoms with Crippen molar-refractivity contribution < 1.29 is 4.79 Å². The van der Waals surface area contributed by atoms with Crippen LogP contribution in [-0.4, -0.2) is 32.2 Å². The molecule has 1 amide bonds. The summed E-state index contributed by atoms with van der Waals surface area (Å²) in [4.78, 5) is 20.3. The van der Waals surface area contributed by atoms with Crippen LogP contribution in [0.5, 0.6) is 0 Å². The molecule has 0 bridgehead atoms. The number of nitrogens with one attached hydrogen (secondary N) is 1. The number of nitrogen functional groups attached to an aromatic ring is 1. The molecule has 3 rings (SSSR count). The molecule has 0 aliphatic rings. The van der Waals surface area contributed by atoms with E-state index in [1.54, 1.807) is 4.68 Å². The average Bonchev–Trinajstić information content (AvgIpc) is 3.03. The van der Waals surface area contributed by atoms with Crippen molar-refractivity contribution in [3.8, 4) is 23.6 Å². The van der Waals surface area contributed by atoms with E-state index < -0.39 is 5.54 Å². The van der Waals surface area contributed by atoms with Crippen LogP contribution in [0.1, 0.15) is 25.8 Å². The fourth-order valence-electron chi connectivity index (χ4n) is 2.86. The molecule has 7 nitrogen and oxygen atoms in total. The molecule has 0 spiro atoms. The van der Waals surface area contributed by atoms with E-state index in [0.29, 0.717) is 29.1 Å². The second-order valence-corrected chi connectivity index (χ2v) is 7.05. The molecule has 0 aliphatic heterocycles. The van der Waals surface area contributed by atoms with E-state index in [2.05, 4.69) is 21.2 Å². The molecule has 0 saturated carbocycles. The lowest BCUT2D eigenvalue weighted by atomic mass is 10.1. The number of carbonyl (C=O) groups excluding carboxylic acids is 1. The highest BCUT2D eigenvalue weighted by Crippen LogP contribution is 2.32. The van der Waals surface area contributed by atoms with Crippen LogP contribution in [0.15, 0.2) is 30.6 Å². The van der Waals surface area contributed by atoms with E-state index in [1.807, 2.05) is 45.0 Å². The van der Waals surface area contributed by atoms with Gasteiger partial charge in [0.25, 0.3) is 0 Å². The first-order chi connectivity index (χ1) is 12.8. The Kier molecular flexibility index (Phi) is 4.82. The molecule has 7 heteroatoms. The molecule has 0 saturated heterocycles. The first kappa shape index (κ1) is 18.4. The van der Waals surface area contributed by atoms with Gasteiger partial charge < -0.3 is 11.1 Å². The van der Waals surface area contributed by atoms with Gasteiger partial charge in [-0.25, -0.2) is 14.6 Å². The summed E-state index contributed by atoms with van der Waals surface area (Å²) in [5.41, 5.74) is 9.02. The Balaban J connectivity index is 2.09. The van der Waals surface area contributed by atoms with E-state index in [9.17, 15) is 4.79 Å². The number of carbonyl (C=O) groups is 1. The number of hydrogen-bond acceptors (Lipinski definition) is 5. The van der Waals surface area contributed by atoms with Crippen molar-refractivity contribution in [2.75, 3.05) is 12.3 Å². The van der Waals surface area contributed by atoms with Gasteiger partial charge in [0.1, 0.15) is 17.8 Å². The Bertz CT molecular complexity index is 1030. The van der Waals surface area contributed by atoms with E-state index in [0.717, 1.165) is 11.1 Å². The molecular weight excluding hydrogens is 340 g/mol. The van der Waals surface area contributed by atoms with Crippen LogP contribution >= 0.6 is 0 Å². The van der Waals surface area contributed by atoms with Gasteiger partial charge in [0, 0.05) is 12.1 Å². The number of aromatic nitrogens is 4. The van der Waals surface area contributed by atoms with E-state index in [4.69, 9.17) is 17.3 Å². The molecule has 2 aromatic heterocycles. The summed E-state index contributed by atoms with van der Waals surface area (Å²) >= 11 is 0. The number of benzene rings is 1. The van der Waals surface area contributed by atoms with Gasteiger partial charge in [0.2, 0.25) is 5.91 Å². The van der Waals surface area contributed by atoms with Gasteiger partial charge in [-0.05, 0) is 20.8 Å². The molecule has 0 unspecified atom stereocenters. The predicted octanol–water partition coefficient (Wildman–Crippen LogP) is 2.26. The predicted molar refractivity (Wildman–Crippen MR) is 106 cm³/mol. The van der Waals surface area contributed by atoms with Crippen LogP contribution in [0, 0.1) is 19.3 Å². The fraction of sp³-hybridized carbons (Fsp3) is 0.300. The molecule has 3 aromatic rings. The number of amides is 1. The Morgan fingerprint density at radius 2 is 2.00 bits per heavy atom. The molecule has 0 radical (unpaired) electrons. The van der Waals surface area contributed by atoms with Crippen LogP contribution in [0.3, 0.4) is 0 Å². The van der Waals surface area contributed by atoms with Crippen LogP contribution in [0.25, 0.3) is 22.3 Å². The zero-order valence-electron chi connectivity index (χ0n) is 15.7. The van der Waals surface area contributed by atoms with Crippen LogP contribution < -0.4 is 11.1 Å². The third kappa shape index (κ3) is 3.60. The van der Waals surface area contributed by atoms with Crippen molar-refractivity contribution in [2.24, 2.45) is 0 Å². The minimum atomic E-state index is -0.549. The molecule has 1 aromatic carbocycles. The number of aryl methyl sites for hydroxylation is 1. The van der Waals surface area contributed by atoms with Gasteiger partial charge in [-0.3, -0.25) is 4.79 Å². The highest BCUT2D eigenvalue weighted by Gasteiger charge is 2.28. The van der Waals surface area contributed by atoms with Crippen LogP contribution in [-0.2, 0) is 10.3 Å². The first-order valence-corrected chi connectivity index (χ1v) is 8.60. The molecule has 2 heterocycles. The summed E-state index contributed by atoms with van der Waals surface area (Å²) in [6.45, 7) is 6.31. The molecule has 138 valence electrons. The topological polar surface area (TPSA) is 98.7 Å². The first-order valence-electron chi connectivity index (χ1n) is 8.60. The van der Waals surface area contributed by atoms with Gasteiger partial charge in [-0.1, -0.05) is 35.7 Å². The van der Waals surface area contributed by atoms with Gasteiger partial charge in [0.05, 0.1) is 17.3 Å². The number of rotatable bonds is 5. The van der Waals surface area contributed by atoms with Crippen molar-refractivity contribution >= 4 is 22.8 Å². The number of terminal acetylenes is 1. The number of nitrogens with two attached hydrogens (primary N) is 1. The highest BCUT2D eigenvalue weighted by molar-refractivity contribution is 5.98. The molecular formula is C20H22N6O. The van der Waals surface area contributed by atoms with E-state index >= 15 is 0 Å². The summed E-state index contributed by atoms with van der Waals surface area (Å²) in [6, 6.07) is 8.03. The van der Waals surface area contributed by atoms with E-state index in [-0.39, 0.29) is 12.3 Å². The highest BCUT2D eigenvalue weighted by atomic mass is 16.1. The van der Waals surface area contributed by atoms with Crippen LogP contribution in [0.2, 0.25) is 0 Å². The minimum Gasteiger partial charge on any atom is -0.383 e. The van der Waals surface area contributed by atoms with Gasteiger partial charge in [-0.15, -0.1) is 6.42 Å². The summed E-state index contributed by atoms with van der Waals surface area (Å²) in [5, 5.41) is 8.33. The number of anilines is 1. The van der Waals surface area contributed by atoms with Crippen molar-refractivity contribution in [3.63, 3.8) is 0 Å². The second kappa shape index (κ2) is 7.08. The molecule has 3 N–H and O–H groups in total. The summed E-state index contributed by atoms with van der Waals surface area (Å²) in [7, 11) is 0. The lowest BCUT2D eigenvalue weighted by Crippen LogP contribution is -2.41. The van der Waals surface area contributed by atoms with Crippen molar-refractivity contribution in [3.05, 3.63) is 36.2 Å². The maximum atomic E-state index is 11.8. The van der Waals surface area contributed by atoms with E-state index in [1.165, 1.54) is 6.33 Å². The lowest BCUT2D eigenvalue weighted by molar-refractivity contribution is -0.120. The van der Waals surface area contributed by atoms with Gasteiger partial charge >= 0.3 is 0 Å². The average molecular weight is 362 g/mol. The Morgan fingerprint density at radius 1 is 1.30 bits per heavy atom. The SMILES string of the molecule is C#CCC(=O)NCC(C)(C)n1nc(-c2ccc(C)cc2)c2c(N)ncnc21. The smallest absolute Gasteiger partial charge is 0.232 e. The Hall–Kier alpha value is -3.40. The quantitative estimate of drug-likeness (QED) is 0.678. The maximum absolute atomic E-state index is 11.8. The zero-order chi connectivity index (χ0) is 19.6. The number of hydrogen-bond donors (Lipinski definition) is 2. The largest absolute Gasteiger partial charge is 0.383 e. The second-order valence-electron chi connectivity index (χ2n) is 7.05. The number of fused-ring (bicyclic) bond motifs is 1. The molecule has 0 aliphatic carbocycles. The number of nitrogens with zero attached hydrogens (tertiary/aromatic N) is 4. The van der Waals surface area contributed by atoms with Crippen molar-refractivity contribution in [1.29, 1.82) is 0 Å². The van der Waals surface area contributed by atoms with Gasteiger partial charge in [0.15, 0.2) is 5.65 Å².